The molecule has 4 aliphatic heterocycles. The second-order valence-corrected chi connectivity index (χ2v) is 15.4. The Hall–Kier alpha value is -2.03. The van der Waals surface area contributed by atoms with E-state index in [0.717, 1.165) is 0 Å². The van der Waals surface area contributed by atoms with Gasteiger partial charge in [-0.25, -0.2) is 0 Å². The van der Waals surface area contributed by atoms with Crippen LogP contribution >= 0.6 is 0 Å². The lowest BCUT2D eigenvalue weighted by Crippen LogP contribution is -2.63. The van der Waals surface area contributed by atoms with E-state index < -0.39 is 95.8 Å². The van der Waals surface area contributed by atoms with Gasteiger partial charge in [0.25, 0.3) is 0 Å². The minimum atomic E-state index is -4.42. The molecule has 0 aromatic carbocycles. The van der Waals surface area contributed by atoms with Gasteiger partial charge in [-0.05, 0) is 79.9 Å². The fourth-order valence-corrected chi connectivity index (χ4v) is 7.91. The second kappa shape index (κ2) is 16.8. The zero-order valence-corrected chi connectivity index (χ0v) is 30.9. The van der Waals surface area contributed by atoms with Crippen molar-refractivity contribution in [2.75, 3.05) is 40.3 Å². The molecule has 0 spiro atoms. The number of esters is 1. The maximum atomic E-state index is 14.6. The summed E-state index contributed by atoms with van der Waals surface area (Å²) in [4.78, 5) is 30.4. The maximum absolute atomic E-state index is 14.6. The fraction of sp³-hybridized carbons (Fsp3) is 0.886. The third kappa shape index (κ3) is 9.69. The zero-order chi connectivity index (χ0) is 37.8. The monoisotopic (exact) mass is 720 g/mol. The molecule has 15 heteroatoms. The number of Topliss-reactive ketones (excluding diaryl/α,β-unsaturated/α-hetero) is 1. The highest BCUT2D eigenvalue weighted by Crippen LogP contribution is 2.42. The number of halogens is 3. The Morgan fingerprint density at radius 1 is 1.18 bits per heavy atom. The number of nitrogens with one attached hydrogen (secondary N) is 3. The lowest BCUT2D eigenvalue weighted by atomic mass is 9.70. The van der Waals surface area contributed by atoms with Crippen LogP contribution in [0.4, 0.5) is 13.2 Å². The van der Waals surface area contributed by atoms with Gasteiger partial charge in [-0.3, -0.25) is 9.59 Å². The molecule has 4 aliphatic rings. The van der Waals surface area contributed by atoms with Crippen LogP contribution < -0.4 is 16.0 Å². The summed E-state index contributed by atoms with van der Waals surface area (Å²) in [6, 6.07) is 0.743. The summed E-state index contributed by atoms with van der Waals surface area (Å²) in [5, 5.41) is 32.0. The molecule has 4 heterocycles. The Bertz CT molecular complexity index is 1200. The number of hydrogen-bond donors (Lipinski definition) is 5. The second-order valence-electron chi connectivity index (χ2n) is 15.4. The van der Waals surface area contributed by atoms with Crippen molar-refractivity contribution in [2.24, 2.45) is 17.3 Å². The van der Waals surface area contributed by atoms with Gasteiger partial charge in [0.2, 0.25) is 0 Å². The van der Waals surface area contributed by atoms with Crippen LogP contribution in [0.2, 0.25) is 0 Å². The topological polar surface area (TPSA) is 151 Å². The van der Waals surface area contributed by atoms with E-state index in [4.69, 9.17) is 25.4 Å². The third-order valence-corrected chi connectivity index (χ3v) is 10.8. The smallest absolute Gasteiger partial charge is 0.401 e. The number of carbonyl (C=O) groups excluding carboxylic acids is 2. The Balaban J connectivity index is 2.07. The van der Waals surface area contributed by atoms with Crippen LogP contribution in [0.5, 0.6) is 0 Å². The van der Waals surface area contributed by atoms with Gasteiger partial charge in [0.1, 0.15) is 23.2 Å². The molecule has 0 radical (unpaired) electrons. The molecule has 0 saturated carbocycles. The Kier molecular flexibility index (Phi) is 14.2. The number of alkyl halides is 3. The highest BCUT2D eigenvalue weighted by molar-refractivity contribution is 6.04. The number of terminal acetylenes is 1. The van der Waals surface area contributed by atoms with Gasteiger partial charge in [0, 0.05) is 37.2 Å². The first-order valence-electron chi connectivity index (χ1n) is 17.6. The third-order valence-electron chi connectivity index (χ3n) is 10.8. The van der Waals surface area contributed by atoms with Gasteiger partial charge in [0.15, 0.2) is 12.1 Å². The zero-order valence-electron chi connectivity index (χ0n) is 30.9. The van der Waals surface area contributed by atoms with Gasteiger partial charge in [-0.2, -0.15) is 13.2 Å². The molecular weight excluding hydrogens is 661 g/mol. The Morgan fingerprint density at radius 2 is 1.84 bits per heavy atom. The molecule has 288 valence electrons. The molecule has 2 bridgehead atoms. The molecular formula is C35H59F3N4O8. The number of rotatable bonds is 8. The number of aliphatic hydroxyl groups excluding tert-OH is 1. The van der Waals surface area contributed by atoms with E-state index in [9.17, 15) is 33.0 Å². The van der Waals surface area contributed by atoms with Crippen molar-refractivity contribution in [1.82, 2.24) is 20.9 Å². The van der Waals surface area contributed by atoms with E-state index in [0.29, 0.717) is 13.0 Å². The Morgan fingerprint density at radius 3 is 2.42 bits per heavy atom. The maximum Gasteiger partial charge on any atom is 0.401 e. The van der Waals surface area contributed by atoms with Crippen molar-refractivity contribution in [1.29, 1.82) is 0 Å². The largest absolute Gasteiger partial charge is 0.458 e. The van der Waals surface area contributed by atoms with Crippen LogP contribution in [0, 0.1) is 29.7 Å². The number of likely N-dealkylation sites (N-methyl/N-ethyl adjacent to an activating group) is 1. The SMILES string of the molecule is C#CN[C@@H]1[C@@H](C)NC[C@H](C)C[C@]2(C)OCC[C@@](C)(C(=O)O[C@H](CC)[C@@]1(C)O)C(=O)[C@H](C)[C@H]2O[C@@H]1O[C@H](CNCC(F)(F)F)C[C@H](N(C)C)[C@H]1O. The molecule has 50 heavy (non-hydrogen) atoms. The average Bonchev–Trinajstić information content (AvgIpc) is 3.02. The van der Waals surface area contributed by atoms with Crippen molar-refractivity contribution in [3.63, 3.8) is 0 Å². The lowest BCUT2D eigenvalue weighted by Gasteiger charge is -2.49. The number of nitrogens with zero attached hydrogens (tertiary/aromatic N) is 1. The Labute approximate surface area is 294 Å². The first-order chi connectivity index (χ1) is 23.1. The number of fused-ring (bicyclic) bond motifs is 13. The summed E-state index contributed by atoms with van der Waals surface area (Å²) in [5.74, 6) is -2.38. The first-order valence-corrected chi connectivity index (χ1v) is 17.6. The number of carbonyl (C=O) groups is 2. The summed E-state index contributed by atoms with van der Waals surface area (Å²) in [6.45, 7) is 11.2. The molecule has 0 aliphatic carbocycles. The van der Waals surface area contributed by atoms with Gasteiger partial charge >= 0.3 is 12.1 Å². The normalized spacial score (nSPS) is 42.6. The highest BCUT2D eigenvalue weighted by Gasteiger charge is 2.56. The summed E-state index contributed by atoms with van der Waals surface area (Å²) >= 11 is 0. The number of ketones is 1. The van der Waals surface area contributed by atoms with E-state index in [-0.39, 0.29) is 38.3 Å². The van der Waals surface area contributed by atoms with Gasteiger partial charge in [-0.15, -0.1) is 0 Å². The van der Waals surface area contributed by atoms with Crippen molar-refractivity contribution in [3.8, 4) is 12.5 Å². The number of hydrogen-bond acceptors (Lipinski definition) is 12. The molecule has 4 saturated heterocycles. The van der Waals surface area contributed by atoms with Gasteiger partial charge < -0.3 is 50.0 Å². The van der Waals surface area contributed by atoms with Crippen molar-refractivity contribution < 1.29 is 51.9 Å². The average molecular weight is 721 g/mol. The van der Waals surface area contributed by atoms with Crippen molar-refractivity contribution in [3.05, 3.63) is 0 Å². The highest BCUT2D eigenvalue weighted by atomic mass is 19.4. The predicted molar refractivity (Wildman–Crippen MR) is 180 cm³/mol. The summed E-state index contributed by atoms with van der Waals surface area (Å²) < 4.78 is 64.0. The van der Waals surface area contributed by atoms with E-state index in [1.807, 2.05) is 20.8 Å². The van der Waals surface area contributed by atoms with E-state index in [1.165, 1.54) is 6.92 Å². The fourth-order valence-electron chi connectivity index (χ4n) is 7.91. The predicted octanol–water partition coefficient (Wildman–Crippen LogP) is 1.96. The minimum absolute atomic E-state index is 0.00314. The molecule has 0 amide bonds. The molecule has 0 unspecified atom stereocenters. The van der Waals surface area contributed by atoms with Gasteiger partial charge in [-0.1, -0.05) is 27.2 Å². The van der Waals surface area contributed by atoms with Crippen LogP contribution in [-0.4, -0.2) is 133 Å². The van der Waals surface area contributed by atoms with E-state index in [1.54, 1.807) is 39.8 Å². The van der Waals surface area contributed by atoms with Crippen molar-refractivity contribution in [2.45, 2.75) is 140 Å². The van der Waals surface area contributed by atoms with Crippen LogP contribution in [0.25, 0.3) is 0 Å². The quantitative estimate of drug-likeness (QED) is 0.108. The number of ether oxygens (including phenoxy) is 4. The molecule has 5 N–H and O–H groups in total. The van der Waals surface area contributed by atoms with E-state index >= 15 is 0 Å². The molecule has 4 rings (SSSR count). The van der Waals surface area contributed by atoms with Crippen LogP contribution in [0.15, 0.2) is 0 Å². The minimum Gasteiger partial charge on any atom is -0.458 e. The van der Waals surface area contributed by atoms with E-state index in [2.05, 4.69) is 22.0 Å². The molecule has 13 atom stereocenters. The molecule has 0 aromatic heterocycles. The van der Waals surface area contributed by atoms with Crippen LogP contribution in [-0.2, 0) is 28.5 Å². The standard InChI is InChI=1S/C35H59F3N4O8/c1-11-25-34(8,46)27(40-12-2)22(5)41-17-20(3)16-33(7)29(21(4)28(44)32(6,13-14-47-33)31(45)49-25)50-30-26(43)24(42(9)10)15-23(48-30)18-39-19-35(36,37)38/h2,20-27,29-30,39-41,43,46H,11,13-19H2,1,3-10H3/t20-,21+,22-,23+,24+,25-,26-,27-,29-,30+,32-,33+,34-/m1/s1. The van der Waals surface area contributed by atoms with Gasteiger partial charge in [0.05, 0.1) is 30.4 Å². The van der Waals surface area contributed by atoms with Crippen molar-refractivity contribution >= 4 is 11.8 Å². The summed E-state index contributed by atoms with van der Waals surface area (Å²) in [7, 11) is 3.49. The molecule has 12 nitrogen and oxygen atoms in total. The lowest BCUT2D eigenvalue weighted by molar-refractivity contribution is -0.301. The summed E-state index contributed by atoms with van der Waals surface area (Å²) in [5.41, 5.74) is -4.47. The van der Waals surface area contributed by atoms with Crippen LogP contribution in [0.1, 0.15) is 74.1 Å². The van der Waals surface area contributed by atoms with Crippen LogP contribution in [0.3, 0.4) is 0 Å². The molecule has 0 aromatic rings. The summed E-state index contributed by atoms with van der Waals surface area (Å²) in [6.07, 6.45) is -3.36. The first kappa shape index (κ1) is 42.4. The number of aliphatic hydroxyl groups is 2. The molecule has 4 fully saturated rings.